The molecule has 2 N–H and O–H groups in total. The lowest BCUT2D eigenvalue weighted by molar-refractivity contribution is -0.289. The van der Waals surface area contributed by atoms with Crippen LogP contribution in [0.5, 0.6) is 5.75 Å². The highest BCUT2D eigenvalue weighted by Gasteiger charge is 2.61. The number of hydrogen-bond donors (Lipinski definition) is 2. The summed E-state index contributed by atoms with van der Waals surface area (Å²) < 4.78 is 45.9. The van der Waals surface area contributed by atoms with E-state index in [0.717, 1.165) is 11.1 Å². The van der Waals surface area contributed by atoms with Crippen LogP contribution in [0.1, 0.15) is 16.7 Å². The van der Waals surface area contributed by atoms with E-state index in [4.69, 9.17) is 4.74 Å². The molecule has 0 unspecified atom stereocenters. The fraction of sp³-hybridized carbons (Fsp3) is 0.263. The second-order valence-electron chi connectivity index (χ2n) is 6.40. The van der Waals surface area contributed by atoms with E-state index in [1.165, 1.54) is 24.5 Å². The van der Waals surface area contributed by atoms with Crippen LogP contribution in [0, 0.1) is 13.8 Å². The molecule has 1 aliphatic rings. The average molecular weight is 393 g/mol. The van der Waals surface area contributed by atoms with Crippen molar-refractivity contribution in [2.45, 2.75) is 25.7 Å². The van der Waals surface area contributed by atoms with Gasteiger partial charge in [-0.3, -0.25) is 15.2 Å². The molecule has 1 aliphatic heterocycles. The highest BCUT2D eigenvalue weighted by atomic mass is 19.4. The van der Waals surface area contributed by atoms with Gasteiger partial charge in [0.15, 0.2) is 6.61 Å². The molecule has 0 radical (unpaired) electrons. The van der Waals surface area contributed by atoms with E-state index in [-0.39, 0.29) is 16.3 Å². The minimum absolute atomic E-state index is 0.0903. The number of rotatable bonds is 4. The molecule has 0 aliphatic carbocycles. The van der Waals surface area contributed by atoms with Crippen molar-refractivity contribution in [2.24, 2.45) is 0 Å². The fourth-order valence-corrected chi connectivity index (χ4v) is 2.65. The number of aryl methyl sites for hydroxylation is 2. The largest absolute Gasteiger partial charge is 0.484 e. The summed E-state index contributed by atoms with van der Waals surface area (Å²) in [5.74, 6) is -0.750. The Morgan fingerprint density at radius 2 is 2.04 bits per heavy atom. The first kappa shape index (κ1) is 19.7. The highest BCUT2D eigenvalue weighted by molar-refractivity contribution is 5.82. The number of amides is 1. The van der Waals surface area contributed by atoms with E-state index in [9.17, 15) is 23.1 Å². The maximum absolute atomic E-state index is 13.5. The molecule has 6 nitrogen and oxygen atoms in total. The molecule has 2 aromatic rings. The molecule has 1 aromatic carbocycles. The molecule has 0 spiro atoms. The first-order valence-electron chi connectivity index (χ1n) is 8.34. The van der Waals surface area contributed by atoms with Crippen LogP contribution in [-0.2, 0) is 4.79 Å². The molecule has 0 saturated carbocycles. The molecule has 28 heavy (non-hydrogen) atoms. The summed E-state index contributed by atoms with van der Waals surface area (Å²) in [4.78, 5) is 16.3. The molecule has 9 heteroatoms. The van der Waals surface area contributed by atoms with Gasteiger partial charge in [-0.25, -0.2) is 5.01 Å². The van der Waals surface area contributed by atoms with Gasteiger partial charge in [0.1, 0.15) is 5.75 Å². The van der Waals surface area contributed by atoms with Crippen LogP contribution in [0.3, 0.4) is 0 Å². The normalized spacial score (nSPS) is 19.2. The number of alkyl halides is 3. The molecule has 148 valence electrons. The van der Waals surface area contributed by atoms with E-state index >= 15 is 0 Å². The number of hydrazine groups is 1. The first-order chi connectivity index (χ1) is 13.1. The van der Waals surface area contributed by atoms with Gasteiger partial charge in [-0.2, -0.15) is 13.2 Å². The van der Waals surface area contributed by atoms with Gasteiger partial charge < -0.3 is 9.84 Å². The Bertz CT molecular complexity index is 916. The Balaban J connectivity index is 1.81. The Hall–Kier alpha value is -3.07. The number of carbonyl (C=O) groups is 1. The third-order valence-corrected chi connectivity index (χ3v) is 4.40. The molecule has 1 aromatic heterocycles. The predicted molar refractivity (Wildman–Crippen MR) is 94.6 cm³/mol. The van der Waals surface area contributed by atoms with Crippen LogP contribution in [0.25, 0.3) is 5.70 Å². The highest BCUT2D eigenvalue weighted by Crippen LogP contribution is 2.39. The average Bonchev–Trinajstić information content (AvgIpc) is 3.02. The van der Waals surface area contributed by atoms with Gasteiger partial charge in [-0.15, -0.1) is 0 Å². The lowest BCUT2D eigenvalue weighted by Crippen LogP contribution is -2.61. The van der Waals surface area contributed by atoms with Crippen LogP contribution in [-0.4, -0.2) is 39.5 Å². The Kier molecular flexibility index (Phi) is 5.03. The van der Waals surface area contributed by atoms with Crippen LogP contribution in [0.4, 0.5) is 13.2 Å². The zero-order valence-electron chi connectivity index (χ0n) is 15.1. The summed E-state index contributed by atoms with van der Waals surface area (Å²) in [7, 11) is 0. The lowest BCUT2D eigenvalue weighted by atomic mass is 10.1. The Morgan fingerprint density at radius 3 is 2.64 bits per heavy atom. The number of halogens is 3. The zero-order chi connectivity index (χ0) is 20.5. The van der Waals surface area contributed by atoms with E-state index in [0.29, 0.717) is 11.8 Å². The first-order valence-corrected chi connectivity index (χ1v) is 8.34. The minimum atomic E-state index is -5.12. The number of benzene rings is 1. The van der Waals surface area contributed by atoms with Gasteiger partial charge in [0.2, 0.25) is 0 Å². The second-order valence-corrected chi connectivity index (χ2v) is 6.40. The standard InChI is InChI=1S/C19H18F3N3O3/c1-12-5-6-15(8-13(12)2)28-11-17(26)25-18(27,19(20,21)22)9-16(24-25)14-4-3-7-23-10-14/h3-10,24,27H,11H2,1-2H3/t18-/m0/s1. The summed E-state index contributed by atoms with van der Waals surface area (Å²) in [5, 5.41) is 10.4. The van der Waals surface area contributed by atoms with Gasteiger partial charge in [0.05, 0.1) is 5.70 Å². The maximum Gasteiger partial charge on any atom is 0.442 e. The maximum atomic E-state index is 13.5. The minimum Gasteiger partial charge on any atom is -0.484 e. The van der Waals surface area contributed by atoms with Crippen molar-refractivity contribution in [2.75, 3.05) is 6.61 Å². The smallest absolute Gasteiger partial charge is 0.442 e. The quantitative estimate of drug-likeness (QED) is 0.836. The number of nitrogens with zero attached hydrogens (tertiary/aromatic N) is 2. The van der Waals surface area contributed by atoms with Gasteiger partial charge in [-0.05, 0) is 49.2 Å². The molecular formula is C19H18F3N3O3. The third kappa shape index (κ3) is 3.65. The number of pyridine rings is 1. The van der Waals surface area contributed by atoms with Crippen molar-refractivity contribution >= 4 is 11.6 Å². The molecule has 1 atom stereocenters. The summed E-state index contributed by atoms with van der Waals surface area (Å²) in [6.07, 6.45) is -1.82. The molecule has 0 saturated heterocycles. The van der Waals surface area contributed by atoms with E-state index < -0.39 is 24.4 Å². The van der Waals surface area contributed by atoms with Crippen molar-refractivity contribution in [1.82, 2.24) is 15.4 Å². The van der Waals surface area contributed by atoms with Gasteiger partial charge >= 0.3 is 6.18 Å². The van der Waals surface area contributed by atoms with Crippen molar-refractivity contribution in [3.63, 3.8) is 0 Å². The monoisotopic (exact) mass is 393 g/mol. The van der Waals surface area contributed by atoms with Crippen molar-refractivity contribution < 1.29 is 27.8 Å². The molecular weight excluding hydrogens is 375 g/mol. The fourth-order valence-electron chi connectivity index (χ4n) is 2.65. The number of nitrogens with one attached hydrogen (secondary N) is 1. The lowest BCUT2D eigenvalue weighted by Gasteiger charge is -2.33. The summed E-state index contributed by atoms with van der Waals surface area (Å²) in [6.45, 7) is 3.05. The third-order valence-electron chi connectivity index (χ3n) is 4.40. The van der Waals surface area contributed by atoms with Crippen LogP contribution < -0.4 is 10.2 Å². The Morgan fingerprint density at radius 1 is 1.29 bits per heavy atom. The van der Waals surface area contributed by atoms with E-state index in [2.05, 4.69) is 10.4 Å². The number of hydrogen-bond acceptors (Lipinski definition) is 5. The van der Waals surface area contributed by atoms with Crippen LogP contribution in [0.15, 0.2) is 48.8 Å². The molecule has 2 heterocycles. The van der Waals surface area contributed by atoms with Crippen molar-refractivity contribution in [3.8, 4) is 5.75 Å². The molecule has 0 bridgehead atoms. The van der Waals surface area contributed by atoms with E-state index in [1.54, 1.807) is 18.2 Å². The topological polar surface area (TPSA) is 74.7 Å². The van der Waals surface area contributed by atoms with Crippen molar-refractivity contribution in [1.29, 1.82) is 0 Å². The second kappa shape index (κ2) is 7.16. The van der Waals surface area contributed by atoms with Crippen LogP contribution in [0.2, 0.25) is 0 Å². The zero-order valence-corrected chi connectivity index (χ0v) is 15.1. The number of aliphatic hydroxyl groups is 1. The number of carbonyl (C=O) groups excluding carboxylic acids is 1. The predicted octanol–water partition coefficient (Wildman–Crippen LogP) is 2.72. The molecule has 1 amide bonds. The van der Waals surface area contributed by atoms with Gasteiger partial charge in [0.25, 0.3) is 11.6 Å². The molecule has 3 rings (SSSR count). The SMILES string of the molecule is Cc1ccc(OCC(=O)N2NC(c3cccnc3)=C[C@]2(O)C(F)(F)F)cc1C. The van der Waals surface area contributed by atoms with Crippen LogP contribution >= 0.6 is 0 Å². The summed E-state index contributed by atoms with van der Waals surface area (Å²) in [6, 6.07) is 8.09. The summed E-state index contributed by atoms with van der Waals surface area (Å²) >= 11 is 0. The summed E-state index contributed by atoms with van der Waals surface area (Å²) in [5.41, 5.74) is 0.925. The van der Waals surface area contributed by atoms with Crippen molar-refractivity contribution in [3.05, 3.63) is 65.5 Å². The van der Waals surface area contributed by atoms with Gasteiger partial charge in [-0.1, -0.05) is 6.07 Å². The molecule has 0 fully saturated rings. The van der Waals surface area contributed by atoms with E-state index in [1.807, 2.05) is 13.8 Å². The number of aromatic nitrogens is 1. The number of ether oxygens (including phenoxy) is 1. The van der Waals surface area contributed by atoms with Gasteiger partial charge in [0, 0.05) is 24.0 Å². The Labute approximate surface area is 159 Å².